The summed E-state index contributed by atoms with van der Waals surface area (Å²) in [5.41, 5.74) is 5.58. The van der Waals surface area contributed by atoms with Crippen LogP contribution in [0, 0.1) is 5.82 Å². The van der Waals surface area contributed by atoms with Gasteiger partial charge in [0, 0.05) is 13.1 Å². The van der Waals surface area contributed by atoms with E-state index in [2.05, 4.69) is 10.1 Å². The van der Waals surface area contributed by atoms with E-state index >= 15 is 0 Å². The Morgan fingerprint density at radius 1 is 1.30 bits per heavy atom. The zero-order valence-electron chi connectivity index (χ0n) is 15.5. The monoisotopic (exact) mass is 418 g/mol. The summed E-state index contributed by atoms with van der Waals surface area (Å²) in [4.78, 5) is 4.21. The Hall–Kier alpha value is -1.55. The topological polar surface area (TPSA) is 102 Å². The first-order valence-corrected chi connectivity index (χ1v) is 10.0. The van der Waals surface area contributed by atoms with Crippen LogP contribution in [-0.2, 0) is 15.6 Å². The Morgan fingerprint density at radius 3 is 2.52 bits per heavy atom. The summed E-state index contributed by atoms with van der Waals surface area (Å²) in [6, 6.07) is 3.31. The molecule has 150 valence electrons. The highest BCUT2D eigenvalue weighted by atomic mass is 35.5. The minimum absolute atomic E-state index is 0. The predicted molar refractivity (Wildman–Crippen MR) is 101 cm³/mol. The minimum atomic E-state index is -3.75. The van der Waals surface area contributed by atoms with Crippen molar-refractivity contribution in [1.82, 2.24) is 14.4 Å². The fourth-order valence-corrected chi connectivity index (χ4v) is 4.43. The standard InChI is InChI=1S/C17H23FN4O3S.ClH/c1-11(2)22(3)26(23,24)12-6-7-14(18)13(10-12)15-20-16(21-25-15)17(19)8-4-5-9-17;/h6-7,10-11H,4-5,8-9,19H2,1-3H3;1H. The van der Waals surface area contributed by atoms with E-state index in [1.54, 1.807) is 13.8 Å². The average molecular weight is 419 g/mol. The van der Waals surface area contributed by atoms with Gasteiger partial charge in [0.25, 0.3) is 5.89 Å². The van der Waals surface area contributed by atoms with Crippen LogP contribution in [0.4, 0.5) is 4.39 Å². The molecule has 0 bridgehead atoms. The molecule has 10 heteroatoms. The number of hydrogen-bond donors (Lipinski definition) is 1. The van der Waals surface area contributed by atoms with Crippen molar-refractivity contribution in [3.8, 4) is 11.5 Å². The highest BCUT2D eigenvalue weighted by molar-refractivity contribution is 7.89. The van der Waals surface area contributed by atoms with Crippen molar-refractivity contribution in [2.45, 2.75) is 56.0 Å². The number of sulfonamides is 1. The van der Waals surface area contributed by atoms with Crippen molar-refractivity contribution >= 4 is 22.4 Å². The second-order valence-corrected chi connectivity index (χ2v) is 9.04. The van der Waals surface area contributed by atoms with Crippen LogP contribution in [0.5, 0.6) is 0 Å². The van der Waals surface area contributed by atoms with Crippen LogP contribution in [0.2, 0.25) is 0 Å². The molecule has 1 aliphatic rings. The van der Waals surface area contributed by atoms with E-state index in [4.69, 9.17) is 10.3 Å². The highest BCUT2D eigenvalue weighted by Gasteiger charge is 2.36. The molecular weight excluding hydrogens is 395 g/mol. The van der Waals surface area contributed by atoms with E-state index in [1.807, 2.05) is 0 Å². The molecule has 1 heterocycles. The Labute approximate surface area is 164 Å². The molecule has 1 aromatic heterocycles. The zero-order chi connectivity index (χ0) is 19.1. The van der Waals surface area contributed by atoms with Crippen LogP contribution < -0.4 is 5.73 Å². The smallest absolute Gasteiger partial charge is 0.261 e. The molecular formula is C17H24ClFN4O3S. The van der Waals surface area contributed by atoms with Gasteiger partial charge >= 0.3 is 0 Å². The third kappa shape index (κ3) is 4.01. The summed E-state index contributed by atoms with van der Waals surface area (Å²) in [6.07, 6.45) is 3.43. The van der Waals surface area contributed by atoms with E-state index in [1.165, 1.54) is 23.5 Å². The average Bonchev–Trinajstić information content (AvgIpc) is 3.24. The van der Waals surface area contributed by atoms with Gasteiger partial charge in [0.15, 0.2) is 5.82 Å². The first kappa shape index (κ1) is 21.7. The molecule has 2 aromatic rings. The number of halogens is 2. The van der Waals surface area contributed by atoms with E-state index in [-0.39, 0.29) is 34.8 Å². The molecule has 2 N–H and O–H groups in total. The van der Waals surface area contributed by atoms with Gasteiger partial charge in [-0.3, -0.25) is 0 Å². The molecule has 1 saturated carbocycles. The lowest BCUT2D eigenvalue weighted by Gasteiger charge is -2.21. The Morgan fingerprint density at radius 2 is 1.93 bits per heavy atom. The van der Waals surface area contributed by atoms with Gasteiger partial charge in [-0.05, 0) is 44.9 Å². The van der Waals surface area contributed by atoms with E-state index < -0.39 is 21.4 Å². The summed E-state index contributed by atoms with van der Waals surface area (Å²) in [7, 11) is -2.28. The van der Waals surface area contributed by atoms with Gasteiger partial charge in [-0.15, -0.1) is 12.4 Å². The number of rotatable bonds is 5. The van der Waals surface area contributed by atoms with Gasteiger partial charge in [0.05, 0.1) is 16.0 Å². The third-order valence-electron chi connectivity index (χ3n) is 4.94. The van der Waals surface area contributed by atoms with Crippen LogP contribution in [0.25, 0.3) is 11.5 Å². The number of nitrogens with two attached hydrogens (primary N) is 1. The molecule has 0 saturated heterocycles. The summed E-state index contributed by atoms with van der Waals surface area (Å²) in [5, 5.41) is 3.90. The normalized spacial score (nSPS) is 16.7. The van der Waals surface area contributed by atoms with Crippen molar-refractivity contribution in [3.63, 3.8) is 0 Å². The van der Waals surface area contributed by atoms with E-state index in [9.17, 15) is 12.8 Å². The highest BCUT2D eigenvalue weighted by Crippen LogP contribution is 2.36. The number of hydrogen-bond acceptors (Lipinski definition) is 6. The quantitative estimate of drug-likeness (QED) is 0.800. The molecule has 0 amide bonds. The van der Waals surface area contributed by atoms with Gasteiger partial charge < -0.3 is 10.3 Å². The maximum atomic E-state index is 14.3. The molecule has 0 aliphatic heterocycles. The number of nitrogens with zero attached hydrogens (tertiary/aromatic N) is 3. The van der Waals surface area contributed by atoms with Crippen molar-refractivity contribution in [1.29, 1.82) is 0 Å². The second kappa shape index (κ2) is 7.83. The first-order valence-electron chi connectivity index (χ1n) is 8.56. The lowest BCUT2D eigenvalue weighted by atomic mass is 9.99. The third-order valence-corrected chi connectivity index (χ3v) is 6.97. The number of aromatic nitrogens is 2. The predicted octanol–water partition coefficient (Wildman–Crippen LogP) is 3.05. The van der Waals surface area contributed by atoms with Gasteiger partial charge in [-0.25, -0.2) is 12.8 Å². The molecule has 0 radical (unpaired) electrons. The van der Waals surface area contributed by atoms with Crippen LogP contribution in [-0.4, -0.2) is 36.0 Å². The maximum Gasteiger partial charge on any atom is 0.261 e. The van der Waals surface area contributed by atoms with Crippen molar-refractivity contribution in [2.75, 3.05) is 7.05 Å². The number of benzene rings is 1. The molecule has 0 unspecified atom stereocenters. The molecule has 7 nitrogen and oxygen atoms in total. The van der Waals surface area contributed by atoms with Crippen LogP contribution >= 0.6 is 12.4 Å². The first-order chi connectivity index (χ1) is 12.1. The zero-order valence-corrected chi connectivity index (χ0v) is 17.1. The molecule has 1 aliphatic carbocycles. The fourth-order valence-electron chi connectivity index (χ4n) is 3.04. The molecule has 27 heavy (non-hydrogen) atoms. The lowest BCUT2D eigenvalue weighted by Crippen LogP contribution is -2.34. The van der Waals surface area contributed by atoms with Crippen molar-refractivity contribution in [3.05, 3.63) is 29.8 Å². The lowest BCUT2D eigenvalue weighted by molar-refractivity contribution is 0.372. The van der Waals surface area contributed by atoms with Crippen molar-refractivity contribution in [2.24, 2.45) is 5.73 Å². The SMILES string of the molecule is CC(C)N(C)S(=O)(=O)c1ccc(F)c(-c2nc(C3(N)CCCC3)no2)c1.Cl. The summed E-state index contributed by atoms with van der Waals surface area (Å²) < 4.78 is 46.0. The van der Waals surface area contributed by atoms with Gasteiger partial charge in [-0.2, -0.15) is 9.29 Å². The van der Waals surface area contributed by atoms with Crippen molar-refractivity contribution < 1.29 is 17.3 Å². The fraction of sp³-hybridized carbons (Fsp3) is 0.529. The van der Waals surface area contributed by atoms with Crippen LogP contribution in [0.15, 0.2) is 27.6 Å². The van der Waals surface area contributed by atoms with E-state index in [0.29, 0.717) is 5.82 Å². The molecule has 3 rings (SSSR count). The molecule has 1 fully saturated rings. The molecule has 1 aromatic carbocycles. The molecule has 0 atom stereocenters. The molecule has 0 spiro atoms. The Bertz CT molecular complexity index is 911. The van der Waals surface area contributed by atoms with E-state index in [0.717, 1.165) is 31.7 Å². The van der Waals surface area contributed by atoms with Gasteiger partial charge in [-0.1, -0.05) is 18.0 Å². The van der Waals surface area contributed by atoms with Gasteiger partial charge in [0.2, 0.25) is 10.0 Å². The second-order valence-electron chi connectivity index (χ2n) is 7.04. The Balaban J connectivity index is 0.00000261. The summed E-state index contributed by atoms with van der Waals surface area (Å²) in [6.45, 7) is 3.52. The minimum Gasteiger partial charge on any atom is -0.334 e. The van der Waals surface area contributed by atoms with Crippen LogP contribution in [0.3, 0.4) is 0 Å². The summed E-state index contributed by atoms with van der Waals surface area (Å²) >= 11 is 0. The summed E-state index contributed by atoms with van der Waals surface area (Å²) in [5.74, 6) is -0.376. The Kier molecular flexibility index (Phi) is 6.30. The van der Waals surface area contributed by atoms with Crippen LogP contribution in [0.1, 0.15) is 45.4 Å². The van der Waals surface area contributed by atoms with Gasteiger partial charge in [0.1, 0.15) is 5.82 Å². The largest absolute Gasteiger partial charge is 0.334 e. The maximum absolute atomic E-state index is 14.3.